The average molecular weight is 128 g/mol. The van der Waals surface area contributed by atoms with E-state index in [9.17, 15) is 0 Å². The van der Waals surface area contributed by atoms with Crippen LogP contribution in [0, 0.1) is 0 Å². The van der Waals surface area contributed by atoms with Gasteiger partial charge < -0.3 is 4.48 Å². The van der Waals surface area contributed by atoms with E-state index in [0.717, 1.165) is 4.48 Å². The van der Waals surface area contributed by atoms with E-state index in [4.69, 9.17) is 0 Å². The molecule has 0 aromatic carbocycles. The third-order valence-corrected chi connectivity index (χ3v) is 1.86. The zero-order chi connectivity index (χ0) is 7.49. The van der Waals surface area contributed by atoms with E-state index in [1.54, 1.807) is 0 Å². The summed E-state index contributed by atoms with van der Waals surface area (Å²) in [5.74, 6) is 0. The van der Waals surface area contributed by atoms with Crippen LogP contribution in [0.15, 0.2) is 12.3 Å². The minimum absolute atomic E-state index is 0.668. The number of hydrogen-bond donors (Lipinski definition) is 0. The second kappa shape index (κ2) is 3.02. The van der Waals surface area contributed by atoms with Crippen molar-refractivity contribution in [2.75, 3.05) is 14.1 Å². The molecule has 0 spiro atoms. The van der Waals surface area contributed by atoms with Crippen molar-refractivity contribution in [3.63, 3.8) is 0 Å². The molecule has 0 saturated heterocycles. The van der Waals surface area contributed by atoms with Crippen molar-refractivity contribution in [3.05, 3.63) is 12.3 Å². The summed E-state index contributed by atoms with van der Waals surface area (Å²) in [5.41, 5.74) is 0. The molecule has 0 heterocycles. The predicted octanol–water partition coefficient (Wildman–Crippen LogP) is 2.00. The highest BCUT2D eigenvalue weighted by molar-refractivity contribution is 4.67. The van der Waals surface area contributed by atoms with Crippen LogP contribution in [0.2, 0.25) is 0 Å². The van der Waals surface area contributed by atoms with Crippen molar-refractivity contribution in [3.8, 4) is 0 Å². The van der Waals surface area contributed by atoms with Gasteiger partial charge in [0.05, 0.1) is 26.3 Å². The molecule has 0 radical (unpaired) electrons. The Labute approximate surface area is 58.6 Å². The lowest BCUT2D eigenvalue weighted by molar-refractivity contribution is -0.861. The molecule has 0 aromatic heterocycles. The molecule has 54 valence electrons. The Morgan fingerprint density at radius 3 is 1.78 bits per heavy atom. The molecule has 1 heteroatoms. The first-order valence-corrected chi connectivity index (χ1v) is 3.48. The molecule has 1 nitrogen and oxygen atoms in total. The molecule has 0 aliphatic heterocycles. The first-order chi connectivity index (χ1) is 4.00. The second-order valence-corrected chi connectivity index (χ2v) is 3.21. The fourth-order valence-electron chi connectivity index (χ4n) is 0.556. The molecule has 9 heavy (non-hydrogen) atoms. The summed E-state index contributed by atoms with van der Waals surface area (Å²) in [6.07, 6.45) is 4.30. The van der Waals surface area contributed by atoms with E-state index in [1.165, 1.54) is 0 Å². The fraction of sp³-hybridized carbons (Fsp3) is 0.750. The minimum atomic E-state index is 0.668. The van der Waals surface area contributed by atoms with E-state index in [0.29, 0.717) is 6.04 Å². The van der Waals surface area contributed by atoms with Gasteiger partial charge in [0.1, 0.15) is 0 Å². The maximum Gasteiger partial charge on any atom is 0.0913 e. The van der Waals surface area contributed by atoms with Gasteiger partial charge in [-0.1, -0.05) is 0 Å². The van der Waals surface area contributed by atoms with E-state index in [-0.39, 0.29) is 0 Å². The largest absolute Gasteiger partial charge is 0.300 e. The SMILES string of the molecule is CC=C[N+](C)(C)C(C)C. The topological polar surface area (TPSA) is 0 Å². The Hall–Kier alpha value is -0.300. The van der Waals surface area contributed by atoms with Gasteiger partial charge in [0.2, 0.25) is 0 Å². The van der Waals surface area contributed by atoms with Gasteiger partial charge in [-0.15, -0.1) is 0 Å². The van der Waals surface area contributed by atoms with Gasteiger partial charge in [0.15, 0.2) is 0 Å². The smallest absolute Gasteiger partial charge is 0.0913 e. The van der Waals surface area contributed by atoms with Crippen LogP contribution in [-0.4, -0.2) is 24.6 Å². The molecule has 0 bridgehead atoms. The monoisotopic (exact) mass is 128 g/mol. The Morgan fingerprint density at radius 1 is 1.22 bits per heavy atom. The molecule has 0 N–H and O–H groups in total. The third-order valence-electron chi connectivity index (χ3n) is 1.86. The van der Waals surface area contributed by atoms with Crippen LogP contribution in [0.1, 0.15) is 20.8 Å². The number of hydrogen-bond acceptors (Lipinski definition) is 0. The van der Waals surface area contributed by atoms with Crippen molar-refractivity contribution in [1.82, 2.24) is 0 Å². The lowest BCUT2D eigenvalue weighted by atomic mass is 10.3. The molecule has 0 rings (SSSR count). The van der Waals surface area contributed by atoms with Crippen molar-refractivity contribution in [1.29, 1.82) is 0 Å². The van der Waals surface area contributed by atoms with Gasteiger partial charge in [-0.3, -0.25) is 0 Å². The Bertz CT molecular complexity index is 101. The molecular weight excluding hydrogens is 110 g/mol. The van der Waals surface area contributed by atoms with Crippen LogP contribution in [0.5, 0.6) is 0 Å². The summed E-state index contributed by atoms with van der Waals surface area (Å²) < 4.78 is 0.969. The van der Waals surface area contributed by atoms with Crippen molar-refractivity contribution < 1.29 is 4.48 Å². The number of allylic oxidation sites excluding steroid dienone is 1. The van der Waals surface area contributed by atoms with E-state index in [1.807, 2.05) is 0 Å². The second-order valence-electron chi connectivity index (χ2n) is 3.21. The van der Waals surface area contributed by atoms with Gasteiger partial charge in [0.25, 0.3) is 0 Å². The van der Waals surface area contributed by atoms with Gasteiger partial charge >= 0.3 is 0 Å². The Kier molecular flexibility index (Phi) is 2.92. The highest BCUT2D eigenvalue weighted by Gasteiger charge is 2.14. The number of rotatable bonds is 2. The normalized spacial score (nSPS) is 13.6. The Morgan fingerprint density at radius 2 is 1.67 bits per heavy atom. The zero-order valence-electron chi connectivity index (χ0n) is 7.18. The molecule has 0 amide bonds. The predicted molar refractivity (Wildman–Crippen MR) is 42.1 cm³/mol. The summed E-state index contributed by atoms with van der Waals surface area (Å²) >= 11 is 0. The maximum absolute atomic E-state index is 2.22. The van der Waals surface area contributed by atoms with E-state index >= 15 is 0 Å². The van der Waals surface area contributed by atoms with Crippen LogP contribution < -0.4 is 0 Å². The summed E-state index contributed by atoms with van der Waals surface area (Å²) in [5, 5.41) is 0. The average Bonchev–Trinajstić information content (AvgIpc) is 1.65. The number of quaternary nitrogens is 1. The van der Waals surface area contributed by atoms with Crippen LogP contribution in [0.3, 0.4) is 0 Å². The van der Waals surface area contributed by atoms with E-state index < -0.39 is 0 Å². The van der Waals surface area contributed by atoms with Crippen LogP contribution in [-0.2, 0) is 0 Å². The quantitative estimate of drug-likeness (QED) is 0.499. The lowest BCUT2D eigenvalue weighted by Crippen LogP contribution is -2.39. The standard InChI is InChI=1S/C8H18N/c1-6-7-9(4,5)8(2)3/h6-8H,1-5H3/q+1. The highest BCUT2D eigenvalue weighted by atomic mass is 15.3. The van der Waals surface area contributed by atoms with Crippen LogP contribution in [0.4, 0.5) is 0 Å². The lowest BCUT2D eigenvalue weighted by Gasteiger charge is -2.29. The fourth-order valence-corrected chi connectivity index (χ4v) is 0.556. The van der Waals surface area contributed by atoms with Crippen molar-refractivity contribution in [2.24, 2.45) is 0 Å². The Balaban J connectivity index is 4.01. The third kappa shape index (κ3) is 2.66. The van der Waals surface area contributed by atoms with Crippen molar-refractivity contribution in [2.45, 2.75) is 26.8 Å². The first-order valence-electron chi connectivity index (χ1n) is 3.48. The van der Waals surface area contributed by atoms with E-state index in [2.05, 4.69) is 47.1 Å². The molecule has 0 unspecified atom stereocenters. The molecule has 0 saturated carbocycles. The van der Waals surface area contributed by atoms with Crippen LogP contribution in [0.25, 0.3) is 0 Å². The number of nitrogens with zero attached hydrogens (tertiary/aromatic N) is 1. The summed E-state index contributed by atoms with van der Waals surface area (Å²) in [6, 6.07) is 0.668. The van der Waals surface area contributed by atoms with Gasteiger partial charge in [0, 0.05) is 0 Å². The van der Waals surface area contributed by atoms with Gasteiger partial charge in [-0.25, -0.2) is 0 Å². The molecular formula is C8H18N+. The zero-order valence-corrected chi connectivity index (χ0v) is 7.18. The highest BCUT2D eigenvalue weighted by Crippen LogP contribution is 2.05. The molecule has 0 aromatic rings. The summed E-state index contributed by atoms with van der Waals surface area (Å²) in [4.78, 5) is 0. The van der Waals surface area contributed by atoms with Gasteiger partial charge in [-0.05, 0) is 26.8 Å². The minimum Gasteiger partial charge on any atom is -0.300 e. The summed E-state index contributed by atoms with van der Waals surface area (Å²) in [7, 11) is 4.40. The first kappa shape index (κ1) is 8.70. The summed E-state index contributed by atoms with van der Waals surface area (Å²) in [6.45, 7) is 6.50. The van der Waals surface area contributed by atoms with Gasteiger partial charge in [-0.2, -0.15) is 0 Å². The molecule has 0 aliphatic carbocycles. The van der Waals surface area contributed by atoms with Crippen molar-refractivity contribution >= 4 is 0 Å². The molecule has 0 aliphatic rings. The molecule has 0 fully saturated rings. The molecule has 0 atom stereocenters. The maximum atomic E-state index is 2.22. The van der Waals surface area contributed by atoms with Crippen LogP contribution >= 0.6 is 0 Å².